The highest BCUT2D eigenvalue weighted by Gasteiger charge is 2.18. The van der Waals surface area contributed by atoms with Crippen LogP contribution in [0.25, 0.3) is 0 Å². The predicted octanol–water partition coefficient (Wildman–Crippen LogP) is 5.92. The minimum absolute atomic E-state index is 0.280. The molecule has 7 heteroatoms. The normalized spacial score (nSPS) is 10.8. The second kappa shape index (κ2) is 11.2. The van der Waals surface area contributed by atoms with Crippen LogP contribution < -0.4 is 25.6 Å². The number of nitrogens with one attached hydrogen (secondary N) is 3. The maximum Gasteiger partial charge on any atom is 0.326 e. The number of ether oxygens (including phenoxy) is 1. The van der Waals surface area contributed by atoms with Gasteiger partial charge in [0.25, 0.3) is 0 Å². The number of hydrogen-bond donors (Lipinski definition) is 3. The van der Waals surface area contributed by atoms with Gasteiger partial charge in [-0.15, -0.1) is 0 Å². The molecule has 4 amide bonds. The molecule has 0 aromatic heterocycles. The van der Waals surface area contributed by atoms with Crippen molar-refractivity contribution in [1.29, 1.82) is 0 Å². The van der Waals surface area contributed by atoms with Crippen LogP contribution in [-0.2, 0) is 0 Å². The first-order valence-corrected chi connectivity index (χ1v) is 11.2. The number of rotatable bonds is 7. The van der Waals surface area contributed by atoms with Crippen molar-refractivity contribution >= 4 is 23.4 Å². The summed E-state index contributed by atoms with van der Waals surface area (Å²) < 4.78 is 5.86. The molecule has 0 radical (unpaired) electrons. The molecule has 0 bridgehead atoms. The standard InChI is InChI=1S/C27H32N4O3/c1-20-10-12-21(13-11-20)29-26(33)31(19-18-28-25(32)30-27(2,3)4)22-14-16-24(17-15-22)34-23-8-6-5-7-9-23/h5-17H,18-19H2,1-4H3,(H,29,33)(H2,28,30,32). The lowest BCUT2D eigenvalue weighted by molar-refractivity contribution is 0.232. The van der Waals surface area contributed by atoms with Crippen molar-refractivity contribution in [1.82, 2.24) is 10.6 Å². The van der Waals surface area contributed by atoms with Gasteiger partial charge in [-0.1, -0.05) is 35.9 Å². The van der Waals surface area contributed by atoms with E-state index in [0.29, 0.717) is 17.1 Å². The van der Waals surface area contributed by atoms with Crippen molar-refractivity contribution in [2.45, 2.75) is 33.2 Å². The van der Waals surface area contributed by atoms with Gasteiger partial charge in [0.15, 0.2) is 0 Å². The maximum atomic E-state index is 13.1. The van der Waals surface area contributed by atoms with Crippen LogP contribution in [-0.4, -0.2) is 30.7 Å². The Morgan fingerprint density at radius 3 is 2.09 bits per heavy atom. The predicted molar refractivity (Wildman–Crippen MR) is 137 cm³/mol. The van der Waals surface area contributed by atoms with E-state index in [9.17, 15) is 9.59 Å². The van der Waals surface area contributed by atoms with E-state index in [1.54, 1.807) is 4.90 Å². The summed E-state index contributed by atoms with van der Waals surface area (Å²) >= 11 is 0. The second-order valence-electron chi connectivity index (χ2n) is 8.99. The minimum atomic E-state index is -0.346. The molecule has 34 heavy (non-hydrogen) atoms. The van der Waals surface area contributed by atoms with Crippen LogP contribution in [0.4, 0.5) is 21.0 Å². The van der Waals surface area contributed by atoms with Crippen molar-refractivity contribution in [3.63, 3.8) is 0 Å². The van der Waals surface area contributed by atoms with Gasteiger partial charge in [0.05, 0.1) is 0 Å². The van der Waals surface area contributed by atoms with E-state index < -0.39 is 0 Å². The zero-order valence-corrected chi connectivity index (χ0v) is 20.1. The molecule has 3 aromatic carbocycles. The van der Waals surface area contributed by atoms with Crippen LogP contribution in [0, 0.1) is 6.92 Å². The van der Waals surface area contributed by atoms with Gasteiger partial charge < -0.3 is 20.7 Å². The van der Waals surface area contributed by atoms with Crippen molar-refractivity contribution < 1.29 is 14.3 Å². The molecule has 3 rings (SSSR count). The first-order valence-electron chi connectivity index (χ1n) is 11.2. The van der Waals surface area contributed by atoms with Crippen LogP contribution in [0.15, 0.2) is 78.9 Å². The molecule has 0 fully saturated rings. The summed E-state index contributed by atoms with van der Waals surface area (Å²) in [4.78, 5) is 26.9. The number of carbonyl (C=O) groups excluding carboxylic acids is 2. The third-order valence-corrected chi connectivity index (χ3v) is 4.78. The third-order valence-electron chi connectivity index (χ3n) is 4.78. The smallest absolute Gasteiger partial charge is 0.326 e. The van der Waals surface area contributed by atoms with Crippen molar-refractivity contribution in [2.75, 3.05) is 23.3 Å². The van der Waals surface area contributed by atoms with Gasteiger partial charge in [-0.3, -0.25) is 4.90 Å². The molecule has 0 aliphatic rings. The minimum Gasteiger partial charge on any atom is -0.457 e. The average Bonchev–Trinajstić information content (AvgIpc) is 2.78. The molecular formula is C27H32N4O3. The van der Waals surface area contributed by atoms with E-state index in [-0.39, 0.29) is 30.7 Å². The largest absolute Gasteiger partial charge is 0.457 e. The first-order chi connectivity index (χ1) is 16.2. The van der Waals surface area contributed by atoms with Crippen LogP contribution in [0.5, 0.6) is 11.5 Å². The van der Waals surface area contributed by atoms with E-state index in [2.05, 4.69) is 16.0 Å². The molecule has 3 aromatic rings. The summed E-state index contributed by atoms with van der Waals surface area (Å²) in [6.07, 6.45) is 0. The Balaban J connectivity index is 1.71. The van der Waals surface area contributed by atoms with Gasteiger partial charge in [-0.25, -0.2) is 9.59 Å². The number of para-hydroxylation sites is 1. The van der Waals surface area contributed by atoms with E-state index in [4.69, 9.17) is 4.74 Å². The van der Waals surface area contributed by atoms with E-state index >= 15 is 0 Å². The molecule has 7 nitrogen and oxygen atoms in total. The van der Waals surface area contributed by atoms with Crippen LogP contribution in [0.2, 0.25) is 0 Å². The lowest BCUT2D eigenvalue weighted by Crippen LogP contribution is -2.48. The Hall–Kier alpha value is -4.00. The lowest BCUT2D eigenvalue weighted by Gasteiger charge is -2.25. The Kier molecular flexibility index (Phi) is 8.14. The summed E-state index contributed by atoms with van der Waals surface area (Å²) in [5, 5.41) is 8.59. The average molecular weight is 461 g/mol. The van der Waals surface area contributed by atoms with Crippen LogP contribution in [0.3, 0.4) is 0 Å². The van der Waals surface area contributed by atoms with Crippen molar-refractivity contribution in [3.05, 3.63) is 84.4 Å². The highest BCUT2D eigenvalue weighted by atomic mass is 16.5. The maximum absolute atomic E-state index is 13.1. The molecule has 0 spiro atoms. The van der Waals surface area contributed by atoms with Gasteiger partial charge >= 0.3 is 12.1 Å². The number of carbonyl (C=O) groups is 2. The number of aryl methyl sites for hydroxylation is 1. The van der Waals surface area contributed by atoms with Gasteiger partial charge in [-0.05, 0) is 76.2 Å². The first kappa shape index (κ1) is 24.6. The molecule has 0 saturated heterocycles. The summed E-state index contributed by atoms with van der Waals surface area (Å²) in [6, 6.07) is 23.8. The number of benzene rings is 3. The topological polar surface area (TPSA) is 82.7 Å². The van der Waals surface area contributed by atoms with Crippen molar-refractivity contribution in [2.24, 2.45) is 0 Å². The van der Waals surface area contributed by atoms with E-state index in [1.807, 2.05) is 107 Å². The molecular weight excluding hydrogens is 428 g/mol. The van der Waals surface area contributed by atoms with Gasteiger partial charge in [0.1, 0.15) is 11.5 Å². The van der Waals surface area contributed by atoms with Crippen molar-refractivity contribution in [3.8, 4) is 11.5 Å². The molecule has 0 aliphatic carbocycles. The van der Waals surface area contributed by atoms with Gasteiger partial charge in [0.2, 0.25) is 0 Å². The molecule has 0 unspecified atom stereocenters. The molecule has 0 atom stereocenters. The Labute approximate surface area is 201 Å². The monoisotopic (exact) mass is 460 g/mol. The number of anilines is 2. The van der Waals surface area contributed by atoms with Gasteiger partial charge in [-0.2, -0.15) is 0 Å². The number of nitrogens with zero attached hydrogens (tertiary/aromatic N) is 1. The van der Waals surface area contributed by atoms with E-state index in [1.165, 1.54) is 0 Å². The van der Waals surface area contributed by atoms with Crippen LogP contribution in [0.1, 0.15) is 26.3 Å². The fourth-order valence-corrected chi connectivity index (χ4v) is 3.16. The highest BCUT2D eigenvalue weighted by Crippen LogP contribution is 2.25. The highest BCUT2D eigenvalue weighted by molar-refractivity contribution is 6.01. The van der Waals surface area contributed by atoms with Crippen LogP contribution >= 0.6 is 0 Å². The quantitative estimate of drug-likeness (QED) is 0.409. The Morgan fingerprint density at radius 1 is 0.853 bits per heavy atom. The fraction of sp³-hybridized carbons (Fsp3) is 0.259. The van der Waals surface area contributed by atoms with E-state index in [0.717, 1.165) is 11.3 Å². The SMILES string of the molecule is Cc1ccc(NC(=O)N(CCNC(=O)NC(C)(C)C)c2ccc(Oc3ccccc3)cc2)cc1. The zero-order valence-electron chi connectivity index (χ0n) is 20.1. The fourth-order valence-electron chi connectivity index (χ4n) is 3.16. The summed E-state index contributed by atoms with van der Waals surface area (Å²) in [5.41, 5.74) is 2.14. The third kappa shape index (κ3) is 7.85. The summed E-state index contributed by atoms with van der Waals surface area (Å²) in [5.74, 6) is 1.40. The summed E-state index contributed by atoms with van der Waals surface area (Å²) in [6.45, 7) is 8.29. The second-order valence-corrected chi connectivity index (χ2v) is 8.99. The number of amides is 4. The Bertz CT molecular complexity index is 1080. The number of urea groups is 2. The molecule has 3 N–H and O–H groups in total. The summed E-state index contributed by atoms with van der Waals surface area (Å²) in [7, 11) is 0. The molecule has 0 aliphatic heterocycles. The zero-order chi connectivity index (χ0) is 24.6. The molecule has 178 valence electrons. The number of hydrogen-bond acceptors (Lipinski definition) is 3. The Morgan fingerprint density at radius 2 is 1.47 bits per heavy atom. The lowest BCUT2D eigenvalue weighted by atomic mass is 10.1. The molecule has 0 heterocycles. The van der Waals surface area contributed by atoms with Gasteiger partial charge in [0, 0.05) is 30.0 Å². The molecule has 0 saturated carbocycles.